The third kappa shape index (κ3) is 2.22. The van der Waals surface area contributed by atoms with Gasteiger partial charge in [0, 0.05) is 4.83 Å². The van der Waals surface area contributed by atoms with E-state index in [9.17, 15) is 4.79 Å². The summed E-state index contributed by atoms with van der Waals surface area (Å²) in [5.74, 6) is 1.62. The summed E-state index contributed by atoms with van der Waals surface area (Å²) >= 11 is 3.74. The van der Waals surface area contributed by atoms with Crippen molar-refractivity contribution in [3.63, 3.8) is 0 Å². The predicted octanol–water partition coefficient (Wildman–Crippen LogP) is 3.14. The largest absolute Gasteiger partial charge is 0.469 e. The van der Waals surface area contributed by atoms with E-state index in [1.807, 2.05) is 0 Å². The number of esters is 1. The molecule has 4 unspecified atom stereocenters. The number of ether oxygens (including phenoxy) is 1. The normalized spacial score (nSPS) is 40.7. The Morgan fingerprint density at radius 1 is 1.20 bits per heavy atom. The highest BCUT2D eigenvalue weighted by Crippen LogP contribution is 2.46. The smallest absolute Gasteiger partial charge is 0.309 e. The van der Waals surface area contributed by atoms with Crippen LogP contribution in [0.2, 0.25) is 0 Å². The Morgan fingerprint density at radius 2 is 1.93 bits per heavy atom. The zero-order chi connectivity index (χ0) is 10.8. The molecule has 15 heavy (non-hydrogen) atoms. The van der Waals surface area contributed by atoms with Crippen LogP contribution in [0.4, 0.5) is 0 Å². The van der Waals surface area contributed by atoms with Gasteiger partial charge in [0.25, 0.3) is 0 Å². The molecule has 3 heteroatoms. The van der Waals surface area contributed by atoms with E-state index in [1.54, 1.807) is 0 Å². The first-order chi connectivity index (χ1) is 7.24. The summed E-state index contributed by atoms with van der Waals surface area (Å²) in [6.07, 6.45) is 7.58. The highest BCUT2D eigenvalue weighted by molar-refractivity contribution is 9.09. The highest BCUT2D eigenvalue weighted by Gasteiger charge is 2.42. The van der Waals surface area contributed by atoms with Gasteiger partial charge in [-0.1, -0.05) is 35.2 Å². The molecule has 0 N–H and O–H groups in total. The minimum absolute atomic E-state index is 0.0269. The second-order valence-electron chi connectivity index (χ2n) is 4.86. The Balaban J connectivity index is 2.04. The molecule has 2 saturated carbocycles. The van der Waals surface area contributed by atoms with Gasteiger partial charge in [-0.15, -0.1) is 0 Å². The highest BCUT2D eigenvalue weighted by atomic mass is 79.9. The molecule has 2 nitrogen and oxygen atoms in total. The molecule has 0 radical (unpaired) electrons. The van der Waals surface area contributed by atoms with Crippen LogP contribution < -0.4 is 0 Å². The van der Waals surface area contributed by atoms with Gasteiger partial charge in [0.05, 0.1) is 13.0 Å². The number of halogens is 1. The lowest BCUT2D eigenvalue weighted by Gasteiger charge is -2.42. The lowest BCUT2D eigenvalue weighted by atomic mass is 9.67. The van der Waals surface area contributed by atoms with E-state index in [0.717, 1.165) is 12.3 Å². The molecule has 86 valence electrons. The molecule has 4 atom stereocenters. The molecule has 0 aliphatic heterocycles. The molecule has 0 amide bonds. The van der Waals surface area contributed by atoms with Gasteiger partial charge in [-0.25, -0.2) is 0 Å². The maximum absolute atomic E-state index is 11.6. The van der Waals surface area contributed by atoms with Crippen molar-refractivity contribution in [2.24, 2.45) is 17.8 Å². The second kappa shape index (κ2) is 4.86. The molecule has 0 spiro atoms. The van der Waals surface area contributed by atoms with Crippen molar-refractivity contribution < 1.29 is 9.53 Å². The quantitative estimate of drug-likeness (QED) is 0.543. The Bertz CT molecular complexity index is 242. The molecule has 2 aliphatic rings. The average molecular weight is 275 g/mol. The zero-order valence-electron chi connectivity index (χ0n) is 9.25. The number of rotatable bonds is 1. The molecule has 2 aliphatic carbocycles. The minimum Gasteiger partial charge on any atom is -0.469 e. The first-order valence-electron chi connectivity index (χ1n) is 5.96. The first kappa shape index (κ1) is 11.4. The number of carbonyl (C=O) groups excluding carboxylic acids is 1. The number of hydrogen-bond acceptors (Lipinski definition) is 2. The minimum atomic E-state index is -0.0269. The van der Waals surface area contributed by atoms with Crippen molar-refractivity contribution in [1.82, 2.24) is 0 Å². The summed E-state index contributed by atoms with van der Waals surface area (Å²) in [7, 11) is 1.50. The van der Waals surface area contributed by atoms with Gasteiger partial charge in [0.2, 0.25) is 0 Å². The summed E-state index contributed by atoms with van der Waals surface area (Å²) in [5, 5.41) is 0. The van der Waals surface area contributed by atoms with Gasteiger partial charge in [-0.2, -0.15) is 0 Å². The van der Waals surface area contributed by atoms with Gasteiger partial charge in [0.1, 0.15) is 0 Å². The van der Waals surface area contributed by atoms with Gasteiger partial charge in [-0.05, 0) is 31.1 Å². The third-order valence-corrected chi connectivity index (χ3v) is 5.43. The SMILES string of the molecule is COC(=O)C1CCC2CCCCC2C1Br. The van der Waals surface area contributed by atoms with Crippen LogP contribution in [-0.4, -0.2) is 17.9 Å². The fraction of sp³-hybridized carbons (Fsp3) is 0.917. The van der Waals surface area contributed by atoms with E-state index >= 15 is 0 Å². The van der Waals surface area contributed by atoms with Crippen molar-refractivity contribution in [3.05, 3.63) is 0 Å². The van der Waals surface area contributed by atoms with Crippen molar-refractivity contribution in [1.29, 1.82) is 0 Å². The number of carbonyl (C=O) groups is 1. The molecule has 0 aromatic carbocycles. The Hall–Kier alpha value is -0.0500. The van der Waals surface area contributed by atoms with E-state index in [-0.39, 0.29) is 11.9 Å². The van der Waals surface area contributed by atoms with Crippen LogP contribution in [0.25, 0.3) is 0 Å². The number of methoxy groups -OCH3 is 1. The number of alkyl halides is 1. The van der Waals surface area contributed by atoms with Crippen molar-refractivity contribution >= 4 is 21.9 Å². The Morgan fingerprint density at radius 3 is 2.67 bits per heavy atom. The van der Waals surface area contributed by atoms with E-state index < -0.39 is 0 Å². The molecule has 0 heterocycles. The van der Waals surface area contributed by atoms with Crippen LogP contribution in [0, 0.1) is 17.8 Å². The van der Waals surface area contributed by atoms with Crippen molar-refractivity contribution in [2.45, 2.75) is 43.4 Å². The Kier molecular flexibility index (Phi) is 3.70. The van der Waals surface area contributed by atoms with E-state index in [1.165, 1.54) is 39.2 Å². The summed E-state index contributed by atoms with van der Waals surface area (Å²) in [6.45, 7) is 0. The van der Waals surface area contributed by atoms with E-state index in [0.29, 0.717) is 10.7 Å². The topological polar surface area (TPSA) is 26.3 Å². The van der Waals surface area contributed by atoms with Crippen LogP contribution >= 0.6 is 15.9 Å². The maximum Gasteiger partial charge on any atom is 0.309 e. The van der Waals surface area contributed by atoms with E-state index in [4.69, 9.17) is 4.74 Å². The van der Waals surface area contributed by atoms with Crippen LogP contribution in [-0.2, 0) is 9.53 Å². The molecule has 2 fully saturated rings. The lowest BCUT2D eigenvalue weighted by Crippen LogP contribution is -2.40. The molecular formula is C12H19BrO2. The van der Waals surface area contributed by atoms with Crippen LogP contribution in [0.1, 0.15) is 38.5 Å². The van der Waals surface area contributed by atoms with Crippen molar-refractivity contribution in [2.75, 3.05) is 7.11 Å². The molecule has 0 aromatic rings. The van der Waals surface area contributed by atoms with Crippen LogP contribution in [0.3, 0.4) is 0 Å². The molecule has 2 rings (SSSR count). The first-order valence-corrected chi connectivity index (χ1v) is 6.87. The molecule has 0 bridgehead atoms. The van der Waals surface area contributed by atoms with Crippen LogP contribution in [0.5, 0.6) is 0 Å². The summed E-state index contributed by atoms with van der Waals surface area (Å²) < 4.78 is 4.87. The molecule has 0 aromatic heterocycles. The second-order valence-corrected chi connectivity index (χ2v) is 5.92. The van der Waals surface area contributed by atoms with Gasteiger partial charge in [-0.3, -0.25) is 4.79 Å². The summed E-state index contributed by atoms with van der Waals surface area (Å²) in [5.41, 5.74) is 0. The van der Waals surface area contributed by atoms with E-state index in [2.05, 4.69) is 15.9 Å². The standard InChI is InChI=1S/C12H19BrO2/c1-15-12(14)10-7-6-8-4-2-3-5-9(8)11(10)13/h8-11H,2-7H2,1H3. The fourth-order valence-electron chi connectivity index (χ4n) is 3.26. The lowest BCUT2D eigenvalue weighted by molar-refractivity contribution is -0.147. The third-order valence-electron chi connectivity index (χ3n) is 4.11. The van der Waals surface area contributed by atoms with Gasteiger partial charge < -0.3 is 4.74 Å². The maximum atomic E-state index is 11.6. The molecule has 0 saturated heterocycles. The summed E-state index contributed by atoms with van der Waals surface area (Å²) in [4.78, 5) is 12.0. The Labute approximate surface area is 99.9 Å². The predicted molar refractivity (Wildman–Crippen MR) is 62.9 cm³/mol. The summed E-state index contributed by atoms with van der Waals surface area (Å²) in [6, 6.07) is 0. The monoisotopic (exact) mass is 274 g/mol. The van der Waals surface area contributed by atoms with Crippen molar-refractivity contribution in [3.8, 4) is 0 Å². The molecular weight excluding hydrogens is 256 g/mol. The van der Waals surface area contributed by atoms with Gasteiger partial charge in [0.15, 0.2) is 0 Å². The van der Waals surface area contributed by atoms with Crippen LogP contribution in [0.15, 0.2) is 0 Å². The number of hydrogen-bond donors (Lipinski definition) is 0. The average Bonchev–Trinajstić information content (AvgIpc) is 2.29. The zero-order valence-corrected chi connectivity index (χ0v) is 10.8. The number of fused-ring (bicyclic) bond motifs is 1. The van der Waals surface area contributed by atoms with Gasteiger partial charge >= 0.3 is 5.97 Å². The fourth-order valence-corrected chi connectivity index (χ4v) is 4.44.